The van der Waals surface area contributed by atoms with Gasteiger partial charge in [-0.3, -0.25) is 4.90 Å². The van der Waals surface area contributed by atoms with Crippen LogP contribution in [0.2, 0.25) is 0 Å². The molecule has 1 aromatic rings. The molecule has 17 heavy (non-hydrogen) atoms. The molecule has 0 bridgehead atoms. The van der Waals surface area contributed by atoms with Gasteiger partial charge in [-0.25, -0.2) is 12.7 Å². The van der Waals surface area contributed by atoms with E-state index in [0.29, 0.717) is 13.1 Å². The number of hydrogen-bond donors (Lipinski definition) is 0. The van der Waals surface area contributed by atoms with Gasteiger partial charge in [0.15, 0.2) is 0 Å². The van der Waals surface area contributed by atoms with Crippen molar-refractivity contribution in [2.24, 2.45) is 0 Å². The average molecular weight is 274 g/mol. The van der Waals surface area contributed by atoms with E-state index < -0.39 is 10.0 Å². The molecule has 0 atom stereocenters. The van der Waals surface area contributed by atoms with Crippen molar-refractivity contribution in [2.45, 2.75) is 13.0 Å². The number of rotatable bonds is 3. The summed E-state index contributed by atoms with van der Waals surface area (Å²) in [6, 6.07) is 2.13. The van der Waals surface area contributed by atoms with Crippen molar-refractivity contribution in [3.05, 3.63) is 22.4 Å². The van der Waals surface area contributed by atoms with Crippen LogP contribution in [0.25, 0.3) is 0 Å². The normalized spacial score (nSPS) is 20.3. The maximum absolute atomic E-state index is 11.5. The summed E-state index contributed by atoms with van der Waals surface area (Å²) in [5, 5.41) is 4.23. The fourth-order valence-electron chi connectivity index (χ4n) is 2.08. The third kappa shape index (κ3) is 3.77. The molecule has 4 nitrogen and oxygen atoms in total. The zero-order valence-corrected chi connectivity index (χ0v) is 11.6. The Labute approximate surface area is 107 Å². The number of nitrogens with zero attached hydrogens (tertiary/aromatic N) is 2. The summed E-state index contributed by atoms with van der Waals surface area (Å²) in [6.07, 6.45) is 2.21. The minimum Gasteiger partial charge on any atom is -0.298 e. The second kappa shape index (κ2) is 5.48. The van der Waals surface area contributed by atoms with Crippen LogP contribution in [0.5, 0.6) is 0 Å². The van der Waals surface area contributed by atoms with Crippen LogP contribution >= 0.6 is 11.3 Å². The first kappa shape index (κ1) is 13.0. The lowest BCUT2D eigenvalue weighted by molar-refractivity contribution is 0.279. The topological polar surface area (TPSA) is 40.6 Å². The predicted molar refractivity (Wildman–Crippen MR) is 70.6 cm³/mol. The van der Waals surface area contributed by atoms with Crippen LogP contribution in [0.3, 0.4) is 0 Å². The summed E-state index contributed by atoms with van der Waals surface area (Å²) < 4.78 is 24.5. The van der Waals surface area contributed by atoms with Gasteiger partial charge >= 0.3 is 0 Å². The molecule has 1 aliphatic rings. The SMILES string of the molecule is CS(=O)(=O)N1CCCN(Cc2ccsc2)CC1. The summed E-state index contributed by atoms with van der Waals surface area (Å²) in [5.41, 5.74) is 1.32. The van der Waals surface area contributed by atoms with E-state index in [0.717, 1.165) is 26.1 Å². The molecule has 96 valence electrons. The molecule has 0 amide bonds. The van der Waals surface area contributed by atoms with Gasteiger partial charge in [-0.1, -0.05) is 0 Å². The molecule has 0 N–H and O–H groups in total. The van der Waals surface area contributed by atoms with E-state index in [1.807, 2.05) is 0 Å². The first-order valence-electron chi connectivity index (χ1n) is 5.74. The molecule has 0 aliphatic carbocycles. The molecular formula is C11H18N2O2S2. The minimum atomic E-state index is -3.03. The minimum absolute atomic E-state index is 0.614. The highest BCUT2D eigenvalue weighted by Crippen LogP contribution is 2.12. The maximum Gasteiger partial charge on any atom is 0.211 e. The van der Waals surface area contributed by atoms with Crippen molar-refractivity contribution >= 4 is 21.4 Å². The van der Waals surface area contributed by atoms with E-state index in [-0.39, 0.29) is 0 Å². The summed E-state index contributed by atoms with van der Waals surface area (Å²) in [4.78, 5) is 2.33. The van der Waals surface area contributed by atoms with Gasteiger partial charge in [0.2, 0.25) is 10.0 Å². The van der Waals surface area contributed by atoms with E-state index in [1.54, 1.807) is 15.6 Å². The van der Waals surface area contributed by atoms with Crippen molar-refractivity contribution in [1.82, 2.24) is 9.21 Å². The van der Waals surface area contributed by atoms with Crippen molar-refractivity contribution in [1.29, 1.82) is 0 Å². The van der Waals surface area contributed by atoms with E-state index >= 15 is 0 Å². The lowest BCUT2D eigenvalue weighted by atomic mass is 10.3. The molecule has 0 spiro atoms. The largest absolute Gasteiger partial charge is 0.298 e. The van der Waals surface area contributed by atoms with Crippen molar-refractivity contribution < 1.29 is 8.42 Å². The molecule has 0 unspecified atom stereocenters. The van der Waals surface area contributed by atoms with Crippen LogP contribution in [0.1, 0.15) is 12.0 Å². The van der Waals surface area contributed by atoms with Gasteiger partial charge in [-0.05, 0) is 35.4 Å². The zero-order chi connectivity index (χ0) is 12.3. The molecule has 1 fully saturated rings. The third-order valence-electron chi connectivity index (χ3n) is 3.00. The van der Waals surface area contributed by atoms with Crippen LogP contribution < -0.4 is 0 Å². The summed E-state index contributed by atoms with van der Waals surface area (Å²) >= 11 is 1.71. The van der Waals surface area contributed by atoms with E-state index in [1.165, 1.54) is 11.8 Å². The Morgan fingerprint density at radius 1 is 1.29 bits per heavy atom. The summed E-state index contributed by atoms with van der Waals surface area (Å²) in [7, 11) is -3.03. The highest BCUT2D eigenvalue weighted by Gasteiger charge is 2.21. The summed E-state index contributed by atoms with van der Waals surface area (Å²) in [6.45, 7) is 3.99. The quantitative estimate of drug-likeness (QED) is 0.832. The Kier molecular flexibility index (Phi) is 4.19. The fourth-order valence-corrected chi connectivity index (χ4v) is 3.61. The lowest BCUT2D eigenvalue weighted by Gasteiger charge is -2.20. The molecule has 1 saturated heterocycles. The molecule has 2 heterocycles. The highest BCUT2D eigenvalue weighted by atomic mass is 32.2. The van der Waals surface area contributed by atoms with Crippen molar-refractivity contribution in [3.63, 3.8) is 0 Å². The van der Waals surface area contributed by atoms with Gasteiger partial charge in [0, 0.05) is 26.2 Å². The van der Waals surface area contributed by atoms with E-state index in [4.69, 9.17) is 0 Å². The molecule has 1 aliphatic heterocycles. The predicted octanol–water partition coefficient (Wildman–Crippen LogP) is 1.22. The Bertz CT molecular complexity index is 442. The molecule has 1 aromatic heterocycles. The van der Waals surface area contributed by atoms with E-state index in [2.05, 4.69) is 21.7 Å². The van der Waals surface area contributed by atoms with Gasteiger partial charge in [0.1, 0.15) is 0 Å². The first-order valence-corrected chi connectivity index (χ1v) is 8.53. The smallest absolute Gasteiger partial charge is 0.211 e. The number of hydrogen-bond acceptors (Lipinski definition) is 4. The molecule has 0 radical (unpaired) electrons. The Morgan fingerprint density at radius 3 is 2.76 bits per heavy atom. The van der Waals surface area contributed by atoms with Gasteiger partial charge in [0.25, 0.3) is 0 Å². The second-order valence-corrected chi connectivity index (χ2v) is 7.19. The maximum atomic E-state index is 11.5. The summed E-state index contributed by atoms with van der Waals surface area (Å²) in [5.74, 6) is 0. The Hall–Kier alpha value is -0.430. The van der Waals surface area contributed by atoms with Gasteiger partial charge in [-0.2, -0.15) is 11.3 Å². The van der Waals surface area contributed by atoms with Gasteiger partial charge < -0.3 is 0 Å². The van der Waals surface area contributed by atoms with Crippen LogP contribution in [0.4, 0.5) is 0 Å². The number of thiophene rings is 1. The third-order valence-corrected chi connectivity index (χ3v) is 5.04. The first-order chi connectivity index (χ1) is 8.05. The standard InChI is InChI=1S/C11H18N2O2S2/c1-17(14,15)13-5-2-4-12(6-7-13)9-11-3-8-16-10-11/h3,8,10H,2,4-7,9H2,1H3. The Morgan fingerprint density at radius 2 is 2.12 bits per heavy atom. The van der Waals surface area contributed by atoms with Crippen molar-refractivity contribution in [2.75, 3.05) is 32.4 Å². The average Bonchev–Trinajstić information content (AvgIpc) is 2.61. The molecule has 0 aromatic carbocycles. The second-order valence-electron chi connectivity index (χ2n) is 4.42. The monoisotopic (exact) mass is 274 g/mol. The van der Waals surface area contributed by atoms with Crippen LogP contribution in [0, 0.1) is 0 Å². The molecule has 2 rings (SSSR count). The van der Waals surface area contributed by atoms with Crippen LogP contribution in [-0.2, 0) is 16.6 Å². The van der Waals surface area contributed by atoms with Gasteiger partial charge in [0.05, 0.1) is 6.26 Å². The highest BCUT2D eigenvalue weighted by molar-refractivity contribution is 7.88. The van der Waals surface area contributed by atoms with Crippen LogP contribution in [-0.4, -0.2) is 50.1 Å². The van der Waals surface area contributed by atoms with Gasteiger partial charge in [-0.15, -0.1) is 0 Å². The van der Waals surface area contributed by atoms with E-state index in [9.17, 15) is 8.42 Å². The van der Waals surface area contributed by atoms with Crippen LogP contribution in [0.15, 0.2) is 16.8 Å². The fraction of sp³-hybridized carbons (Fsp3) is 0.636. The molecular weight excluding hydrogens is 256 g/mol. The molecule has 0 saturated carbocycles. The molecule has 6 heteroatoms. The Balaban J connectivity index is 1.92. The lowest BCUT2D eigenvalue weighted by Crippen LogP contribution is -2.34. The van der Waals surface area contributed by atoms with Crippen molar-refractivity contribution in [3.8, 4) is 0 Å². The zero-order valence-electron chi connectivity index (χ0n) is 10.0. The number of sulfonamides is 1.